The number of carbonyl (C=O) groups excluding carboxylic acids is 3. The molecule has 2 aromatic rings. The molecular weight excluding hydrogens is 430 g/mol. The largest absolute Gasteiger partial charge is 0.349 e. The van der Waals surface area contributed by atoms with Crippen molar-refractivity contribution in [2.75, 3.05) is 25.0 Å². The Labute approximate surface area is 200 Å². The number of aryl methyl sites for hydroxylation is 1. The quantitative estimate of drug-likeness (QED) is 0.586. The monoisotopic (exact) mass is 463 g/mol. The van der Waals surface area contributed by atoms with Crippen LogP contribution >= 0.6 is 0 Å². The zero-order chi connectivity index (χ0) is 24.1. The van der Waals surface area contributed by atoms with Crippen LogP contribution in [0.25, 0.3) is 0 Å². The number of anilines is 1. The fourth-order valence-corrected chi connectivity index (χ4v) is 4.98. The summed E-state index contributed by atoms with van der Waals surface area (Å²) >= 11 is 0. The molecule has 8 nitrogen and oxygen atoms in total. The lowest BCUT2D eigenvalue weighted by atomic mass is 9.81. The van der Waals surface area contributed by atoms with Crippen LogP contribution < -0.4 is 16.0 Å². The van der Waals surface area contributed by atoms with Gasteiger partial charge in [-0.2, -0.15) is 0 Å². The van der Waals surface area contributed by atoms with Crippen LogP contribution in [0.4, 0.5) is 5.69 Å². The molecule has 34 heavy (non-hydrogen) atoms. The first kappa shape index (κ1) is 23.9. The van der Waals surface area contributed by atoms with Crippen molar-refractivity contribution in [3.05, 3.63) is 59.4 Å². The van der Waals surface area contributed by atoms with Gasteiger partial charge in [0, 0.05) is 43.7 Å². The van der Waals surface area contributed by atoms with Crippen molar-refractivity contribution in [1.29, 1.82) is 0 Å². The first-order valence-electron chi connectivity index (χ1n) is 12.0. The molecule has 0 unspecified atom stereocenters. The normalized spacial score (nSPS) is 20.8. The molecule has 1 aliphatic carbocycles. The van der Waals surface area contributed by atoms with E-state index in [2.05, 4.69) is 25.8 Å². The molecule has 8 heteroatoms. The first-order chi connectivity index (χ1) is 16.4. The van der Waals surface area contributed by atoms with Crippen molar-refractivity contribution in [3.8, 4) is 0 Å². The zero-order valence-corrected chi connectivity index (χ0v) is 19.8. The molecule has 1 aliphatic heterocycles. The van der Waals surface area contributed by atoms with E-state index < -0.39 is 0 Å². The van der Waals surface area contributed by atoms with Gasteiger partial charge in [0.15, 0.2) is 0 Å². The van der Waals surface area contributed by atoms with Gasteiger partial charge in [0.25, 0.3) is 5.91 Å². The molecule has 1 aromatic carbocycles. The second kappa shape index (κ2) is 10.8. The summed E-state index contributed by atoms with van der Waals surface area (Å²) in [6.07, 6.45) is 6.01. The van der Waals surface area contributed by atoms with Crippen molar-refractivity contribution in [2.45, 2.75) is 57.5 Å². The van der Waals surface area contributed by atoms with Crippen LogP contribution in [0.1, 0.15) is 60.1 Å². The van der Waals surface area contributed by atoms with E-state index in [0.717, 1.165) is 55.7 Å². The highest BCUT2D eigenvalue weighted by molar-refractivity contribution is 5.96. The van der Waals surface area contributed by atoms with Gasteiger partial charge in [-0.3, -0.25) is 24.3 Å². The molecule has 0 bridgehead atoms. The third kappa shape index (κ3) is 5.99. The maximum absolute atomic E-state index is 12.3. The average Bonchev–Trinajstić information content (AvgIpc) is 2.80. The summed E-state index contributed by atoms with van der Waals surface area (Å²) in [5.74, 6) is -0.116. The second-order valence-electron chi connectivity index (χ2n) is 9.39. The van der Waals surface area contributed by atoms with Crippen molar-refractivity contribution in [1.82, 2.24) is 20.5 Å². The Bertz CT molecular complexity index is 1040. The molecular formula is C26H33N5O3. The van der Waals surface area contributed by atoms with Crippen LogP contribution in [-0.4, -0.2) is 59.3 Å². The number of hydrogen-bond acceptors (Lipinski definition) is 5. The highest BCUT2D eigenvalue weighted by atomic mass is 16.2. The third-order valence-electron chi connectivity index (χ3n) is 6.71. The maximum Gasteiger partial charge on any atom is 0.251 e. The number of amides is 3. The summed E-state index contributed by atoms with van der Waals surface area (Å²) in [5, 5.41) is 8.61. The minimum absolute atomic E-state index is 0.0188. The maximum atomic E-state index is 12.3. The molecule has 3 N–H and O–H groups in total. The van der Waals surface area contributed by atoms with Crippen LogP contribution in [0.2, 0.25) is 0 Å². The number of hydrogen-bond donors (Lipinski definition) is 3. The summed E-state index contributed by atoms with van der Waals surface area (Å²) in [6, 6.07) is 11.7. The summed E-state index contributed by atoms with van der Waals surface area (Å²) in [6.45, 7) is 5.11. The van der Waals surface area contributed by atoms with Crippen LogP contribution in [0.5, 0.6) is 0 Å². The molecule has 1 saturated heterocycles. The minimum Gasteiger partial charge on any atom is -0.349 e. The zero-order valence-electron chi connectivity index (χ0n) is 19.8. The van der Waals surface area contributed by atoms with E-state index in [1.165, 1.54) is 6.92 Å². The predicted molar refractivity (Wildman–Crippen MR) is 131 cm³/mol. The van der Waals surface area contributed by atoms with E-state index >= 15 is 0 Å². The van der Waals surface area contributed by atoms with E-state index in [1.807, 2.05) is 31.2 Å². The van der Waals surface area contributed by atoms with Gasteiger partial charge in [-0.25, -0.2) is 0 Å². The van der Waals surface area contributed by atoms with Gasteiger partial charge in [-0.15, -0.1) is 0 Å². The van der Waals surface area contributed by atoms with Gasteiger partial charge in [0.2, 0.25) is 11.8 Å². The number of likely N-dealkylation sites (tertiary alicyclic amines) is 1. The highest BCUT2D eigenvalue weighted by Crippen LogP contribution is 2.37. The molecule has 2 heterocycles. The van der Waals surface area contributed by atoms with Crippen LogP contribution in [0, 0.1) is 6.92 Å². The predicted octanol–water partition coefficient (Wildman–Crippen LogP) is 2.61. The topological polar surface area (TPSA) is 103 Å². The number of carbonyl (C=O) groups is 3. The third-order valence-corrected chi connectivity index (χ3v) is 6.71. The first-order valence-corrected chi connectivity index (χ1v) is 12.0. The summed E-state index contributed by atoms with van der Waals surface area (Å²) in [5.41, 5.74) is 3.37. The van der Waals surface area contributed by atoms with Crippen molar-refractivity contribution >= 4 is 23.4 Å². The number of nitrogens with zero attached hydrogens (tertiary/aromatic N) is 2. The van der Waals surface area contributed by atoms with Gasteiger partial charge in [-0.05, 0) is 56.9 Å². The average molecular weight is 464 g/mol. The number of nitrogens with one attached hydrogen (secondary N) is 3. The molecule has 4 rings (SSSR count). The Kier molecular flexibility index (Phi) is 7.57. The molecule has 0 radical (unpaired) electrons. The Morgan fingerprint density at radius 1 is 1.06 bits per heavy atom. The molecule has 2 fully saturated rings. The van der Waals surface area contributed by atoms with Crippen molar-refractivity contribution in [3.63, 3.8) is 0 Å². The van der Waals surface area contributed by atoms with Gasteiger partial charge in [-0.1, -0.05) is 17.7 Å². The Morgan fingerprint density at radius 2 is 1.82 bits per heavy atom. The summed E-state index contributed by atoms with van der Waals surface area (Å²) < 4.78 is 0. The molecule has 0 atom stereocenters. The second-order valence-corrected chi connectivity index (χ2v) is 9.39. The highest BCUT2D eigenvalue weighted by Gasteiger charge is 2.36. The van der Waals surface area contributed by atoms with E-state index in [4.69, 9.17) is 0 Å². The lowest BCUT2D eigenvalue weighted by Crippen LogP contribution is -2.63. The standard InChI is InChI=1S/C26H33N5O3/c1-17-5-3-6-20(13-17)26(34)28-14-24(33)30-21-15-31(16-21)22-10-8-19(9-11-22)25-23(29-18(2)32)7-4-12-27-25/h3-7,12-13,19,21-22H,8-11,14-16H2,1-2H3,(H,28,34)(H,29,32)(H,30,33)/t19-,22+. The van der Waals surface area contributed by atoms with Gasteiger partial charge in [0.1, 0.15) is 0 Å². The Balaban J connectivity index is 1.17. The molecule has 2 aliphatic rings. The van der Waals surface area contributed by atoms with E-state index in [-0.39, 0.29) is 30.3 Å². The van der Waals surface area contributed by atoms with Crippen LogP contribution in [-0.2, 0) is 9.59 Å². The van der Waals surface area contributed by atoms with E-state index in [0.29, 0.717) is 17.5 Å². The Morgan fingerprint density at radius 3 is 2.53 bits per heavy atom. The minimum atomic E-state index is -0.236. The lowest BCUT2D eigenvalue weighted by Gasteiger charge is -2.46. The molecule has 1 aromatic heterocycles. The fraction of sp³-hybridized carbons (Fsp3) is 0.462. The molecule has 180 valence electrons. The summed E-state index contributed by atoms with van der Waals surface area (Å²) in [7, 11) is 0. The molecule has 0 spiro atoms. The fourth-order valence-electron chi connectivity index (χ4n) is 4.98. The lowest BCUT2D eigenvalue weighted by molar-refractivity contribution is -0.122. The number of benzene rings is 1. The van der Waals surface area contributed by atoms with E-state index in [1.54, 1.807) is 18.3 Å². The van der Waals surface area contributed by atoms with Gasteiger partial charge in [0.05, 0.1) is 24.0 Å². The summed E-state index contributed by atoms with van der Waals surface area (Å²) in [4.78, 5) is 42.9. The van der Waals surface area contributed by atoms with Gasteiger partial charge < -0.3 is 16.0 Å². The Hall–Kier alpha value is -3.26. The van der Waals surface area contributed by atoms with Crippen molar-refractivity contribution < 1.29 is 14.4 Å². The van der Waals surface area contributed by atoms with Crippen LogP contribution in [0.3, 0.4) is 0 Å². The number of pyridine rings is 1. The van der Waals surface area contributed by atoms with Gasteiger partial charge >= 0.3 is 0 Å². The molecule has 1 saturated carbocycles. The SMILES string of the molecule is CC(=O)Nc1cccnc1[C@H]1CC[C@@H](N2CC(NC(=O)CNC(=O)c3cccc(C)c3)C2)CC1. The number of rotatable bonds is 7. The number of aromatic nitrogens is 1. The van der Waals surface area contributed by atoms with E-state index in [9.17, 15) is 14.4 Å². The van der Waals surface area contributed by atoms with Crippen molar-refractivity contribution in [2.24, 2.45) is 0 Å². The van der Waals surface area contributed by atoms with Crippen LogP contribution in [0.15, 0.2) is 42.6 Å². The smallest absolute Gasteiger partial charge is 0.251 e. The molecule has 3 amide bonds.